The zero-order chi connectivity index (χ0) is 8.81. The van der Waals surface area contributed by atoms with Crippen molar-refractivity contribution in [2.45, 2.75) is 0 Å². The van der Waals surface area contributed by atoms with Crippen molar-refractivity contribution in [3.63, 3.8) is 0 Å². The zero-order valence-electron chi connectivity index (χ0n) is 6.57. The average molecular weight is 187 g/mol. The van der Waals surface area contributed by atoms with E-state index in [0.29, 0.717) is 24.0 Å². The quantitative estimate of drug-likeness (QED) is 0.470. The van der Waals surface area contributed by atoms with Crippen molar-refractivity contribution in [2.75, 3.05) is 20.3 Å². The maximum absolute atomic E-state index is 4.94. The molecule has 0 atom stereocenters. The van der Waals surface area contributed by atoms with Crippen molar-refractivity contribution in [1.29, 1.82) is 0 Å². The Morgan fingerprint density at radius 3 is 3.17 bits per heavy atom. The van der Waals surface area contributed by atoms with E-state index < -0.39 is 0 Å². The summed E-state index contributed by atoms with van der Waals surface area (Å²) in [6, 6.07) is 0. The van der Waals surface area contributed by atoms with Crippen LogP contribution in [0.25, 0.3) is 0 Å². The molecule has 1 rings (SSSR count). The highest BCUT2D eigenvalue weighted by Crippen LogP contribution is 1.84. The van der Waals surface area contributed by atoms with E-state index in [4.69, 9.17) is 17.0 Å². The van der Waals surface area contributed by atoms with Crippen LogP contribution in [0.4, 0.5) is 0 Å². The number of aromatic amines is 1. The van der Waals surface area contributed by atoms with E-state index in [9.17, 15) is 0 Å². The van der Waals surface area contributed by atoms with Crippen molar-refractivity contribution in [3.8, 4) is 0 Å². The summed E-state index contributed by atoms with van der Waals surface area (Å²) in [5.74, 6) is 0.404. The number of ether oxygens (including phenoxy) is 1. The average Bonchev–Trinajstić information content (AvgIpc) is 2.56. The number of H-pyrrole nitrogens is 1. The van der Waals surface area contributed by atoms with E-state index >= 15 is 0 Å². The summed E-state index contributed by atoms with van der Waals surface area (Å²) in [6.07, 6.45) is 0. The lowest BCUT2D eigenvalue weighted by molar-refractivity contribution is 0.204. The van der Waals surface area contributed by atoms with Crippen LogP contribution in [0.5, 0.6) is 0 Å². The standard InChI is InChI=1S/C5H9N5OS/c1-11-3-2-6-5(12)4-7-9-10-8-4/h2-3H2,1H3,(H,6,12)(H,7,8,9,10). The highest BCUT2D eigenvalue weighted by molar-refractivity contribution is 7.80. The van der Waals surface area contributed by atoms with Gasteiger partial charge in [-0.3, -0.25) is 0 Å². The van der Waals surface area contributed by atoms with E-state index in [-0.39, 0.29) is 0 Å². The monoisotopic (exact) mass is 187 g/mol. The molecule has 0 aromatic carbocycles. The molecule has 1 aromatic heterocycles. The first-order valence-corrected chi connectivity index (χ1v) is 3.76. The summed E-state index contributed by atoms with van der Waals surface area (Å²) in [7, 11) is 1.62. The normalized spacial score (nSPS) is 9.75. The fraction of sp³-hybridized carbons (Fsp3) is 0.600. The van der Waals surface area contributed by atoms with Crippen molar-refractivity contribution in [3.05, 3.63) is 5.82 Å². The second-order valence-electron chi connectivity index (χ2n) is 1.98. The minimum atomic E-state index is 0.404. The van der Waals surface area contributed by atoms with Gasteiger partial charge in [-0.25, -0.2) is 0 Å². The fourth-order valence-corrected chi connectivity index (χ4v) is 0.792. The van der Waals surface area contributed by atoms with Crippen LogP contribution in [-0.2, 0) is 4.74 Å². The van der Waals surface area contributed by atoms with Gasteiger partial charge in [0.25, 0.3) is 0 Å². The van der Waals surface area contributed by atoms with Gasteiger partial charge in [-0.1, -0.05) is 12.2 Å². The van der Waals surface area contributed by atoms with Gasteiger partial charge >= 0.3 is 0 Å². The van der Waals surface area contributed by atoms with Crippen molar-refractivity contribution in [1.82, 2.24) is 25.9 Å². The van der Waals surface area contributed by atoms with Crippen molar-refractivity contribution in [2.24, 2.45) is 0 Å². The van der Waals surface area contributed by atoms with Crippen molar-refractivity contribution >= 4 is 17.2 Å². The zero-order valence-corrected chi connectivity index (χ0v) is 7.39. The Hall–Kier alpha value is -1.08. The summed E-state index contributed by atoms with van der Waals surface area (Å²) in [5, 5.41) is 16.0. The molecule has 66 valence electrons. The molecular weight excluding hydrogens is 178 g/mol. The Kier molecular flexibility index (Phi) is 3.55. The number of hydrogen-bond donors (Lipinski definition) is 2. The van der Waals surface area contributed by atoms with Gasteiger partial charge in [0.1, 0.15) is 4.99 Å². The third-order valence-corrected chi connectivity index (χ3v) is 1.47. The molecule has 0 aliphatic carbocycles. The SMILES string of the molecule is COCCNC(=S)c1nn[nH]n1. The summed E-state index contributed by atoms with van der Waals surface area (Å²) < 4.78 is 4.82. The van der Waals surface area contributed by atoms with Gasteiger partial charge in [-0.2, -0.15) is 5.21 Å². The molecule has 0 radical (unpaired) electrons. The number of nitrogens with zero attached hydrogens (tertiary/aromatic N) is 3. The predicted octanol–water partition coefficient (Wildman–Crippen LogP) is -0.889. The molecule has 0 fully saturated rings. The van der Waals surface area contributed by atoms with Gasteiger partial charge in [-0.05, 0) is 5.21 Å². The Bertz CT molecular complexity index is 236. The second kappa shape index (κ2) is 4.73. The summed E-state index contributed by atoms with van der Waals surface area (Å²) >= 11 is 4.94. The van der Waals surface area contributed by atoms with Crippen LogP contribution in [0.2, 0.25) is 0 Å². The Balaban J connectivity index is 2.30. The molecule has 0 aliphatic heterocycles. The highest BCUT2D eigenvalue weighted by Gasteiger charge is 2.03. The molecule has 0 amide bonds. The second-order valence-corrected chi connectivity index (χ2v) is 2.39. The van der Waals surface area contributed by atoms with Gasteiger partial charge in [0.05, 0.1) is 6.61 Å². The van der Waals surface area contributed by atoms with Crippen LogP contribution in [0.3, 0.4) is 0 Å². The van der Waals surface area contributed by atoms with E-state index in [1.807, 2.05) is 0 Å². The molecule has 0 aliphatic rings. The van der Waals surface area contributed by atoms with Crippen LogP contribution in [0, 0.1) is 0 Å². The molecule has 0 bridgehead atoms. The van der Waals surface area contributed by atoms with Crippen LogP contribution < -0.4 is 5.32 Å². The molecule has 0 unspecified atom stereocenters. The summed E-state index contributed by atoms with van der Waals surface area (Å²) in [5.41, 5.74) is 0. The Morgan fingerprint density at radius 2 is 2.58 bits per heavy atom. The molecular formula is C5H9N5OS. The molecule has 6 nitrogen and oxygen atoms in total. The lowest BCUT2D eigenvalue weighted by Gasteiger charge is -2.01. The third-order valence-electron chi connectivity index (χ3n) is 1.14. The maximum Gasteiger partial charge on any atom is 0.231 e. The molecule has 0 saturated carbocycles. The van der Waals surface area contributed by atoms with Crippen LogP contribution in [0.15, 0.2) is 0 Å². The van der Waals surface area contributed by atoms with Gasteiger partial charge < -0.3 is 10.1 Å². The number of tetrazole rings is 1. The molecule has 7 heteroatoms. The molecule has 2 N–H and O–H groups in total. The topological polar surface area (TPSA) is 75.7 Å². The molecule has 0 spiro atoms. The number of thiocarbonyl (C=S) groups is 1. The predicted molar refractivity (Wildman–Crippen MR) is 45.8 cm³/mol. The smallest absolute Gasteiger partial charge is 0.231 e. The minimum Gasteiger partial charge on any atom is -0.383 e. The van der Waals surface area contributed by atoms with Crippen LogP contribution in [-0.4, -0.2) is 45.9 Å². The largest absolute Gasteiger partial charge is 0.383 e. The Labute approximate surface area is 74.7 Å². The molecule has 12 heavy (non-hydrogen) atoms. The van der Waals surface area contributed by atoms with E-state index in [2.05, 4.69) is 25.9 Å². The fourth-order valence-electron chi connectivity index (χ4n) is 0.604. The first-order valence-electron chi connectivity index (χ1n) is 3.35. The van der Waals surface area contributed by atoms with E-state index in [1.165, 1.54) is 0 Å². The summed E-state index contributed by atoms with van der Waals surface area (Å²) in [6.45, 7) is 1.24. The van der Waals surface area contributed by atoms with Gasteiger partial charge in [0, 0.05) is 13.7 Å². The highest BCUT2D eigenvalue weighted by atomic mass is 32.1. The van der Waals surface area contributed by atoms with Gasteiger partial charge in [0.15, 0.2) is 0 Å². The number of nitrogens with one attached hydrogen (secondary N) is 2. The number of aromatic nitrogens is 4. The van der Waals surface area contributed by atoms with Gasteiger partial charge in [0.2, 0.25) is 5.82 Å². The summed E-state index contributed by atoms with van der Waals surface area (Å²) in [4.78, 5) is 0.473. The molecule has 1 heterocycles. The first-order chi connectivity index (χ1) is 5.84. The number of hydrogen-bond acceptors (Lipinski definition) is 5. The first kappa shape index (κ1) is 9.01. The third kappa shape index (κ3) is 2.51. The molecule has 1 aromatic rings. The maximum atomic E-state index is 4.94. The Morgan fingerprint density at radius 1 is 1.75 bits per heavy atom. The van der Waals surface area contributed by atoms with Crippen LogP contribution in [0.1, 0.15) is 5.82 Å². The lowest BCUT2D eigenvalue weighted by Crippen LogP contribution is -2.26. The van der Waals surface area contributed by atoms with Crippen LogP contribution >= 0.6 is 12.2 Å². The lowest BCUT2D eigenvalue weighted by atomic mass is 10.5. The minimum absolute atomic E-state index is 0.404. The van der Waals surface area contributed by atoms with E-state index in [1.54, 1.807) is 7.11 Å². The number of methoxy groups -OCH3 is 1. The van der Waals surface area contributed by atoms with Crippen molar-refractivity contribution < 1.29 is 4.74 Å². The molecule has 0 saturated heterocycles. The number of rotatable bonds is 4. The van der Waals surface area contributed by atoms with E-state index in [0.717, 1.165) is 0 Å². The van der Waals surface area contributed by atoms with Gasteiger partial charge in [-0.15, -0.1) is 10.2 Å².